The van der Waals surface area contributed by atoms with Crippen LogP contribution < -0.4 is 0 Å². The van der Waals surface area contributed by atoms with Gasteiger partial charge in [0.25, 0.3) is 5.91 Å². The molecule has 1 amide bonds. The van der Waals surface area contributed by atoms with Crippen LogP contribution in [0.15, 0.2) is 41.9 Å². The summed E-state index contributed by atoms with van der Waals surface area (Å²) in [5.74, 6) is 0.0716. The van der Waals surface area contributed by atoms with Crippen molar-refractivity contribution < 1.29 is 4.79 Å². The van der Waals surface area contributed by atoms with Crippen molar-refractivity contribution in [1.29, 1.82) is 0 Å². The summed E-state index contributed by atoms with van der Waals surface area (Å²) >= 11 is 7.79. The molecule has 5 rings (SSSR count). The largest absolute Gasteiger partial charge is 0.338 e. The Morgan fingerprint density at radius 3 is 2.73 bits per heavy atom. The average molecular weight is 442 g/mol. The Morgan fingerprint density at radius 2 is 1.93 bits per heavy atom. The van der Waals surface area contributed by atoms with E-state index in [1.165, 1.54) is 10.4 Å². The highest BCUT2D eigenvalue weighted by Gasteiger charge is 2.26. The van der Waals surface area contributed by atoms with Crippen molar-refractivity contribution in [3.63, 3.8) is 0 Å². The first kappa shape index (κ1) is 19.7. The van der Waals surface area contributed by atoms with Gasteiger partial charge in [-0.2, -0.15) is 0 Å². The van der Waals surface area contributed by atoms with Crippen LogP contribution in [0.1, 0.15) is 45.4 Å². The van der Waals surface area contributed by atoms with Gasteiger partial charge in [-0.3, -0.25) is 9.69 Å². The van der Waals surface area contributed by atoms with Crippen LogP contribution in [0.5, 0.6) is 0 Å². The van der Waals surface area contributed by atoms with E-state index in [4.69, 9.17) is 11.6 Å². The number of carbonyl (C=O) groups is 1. The number of likely N-dealkylation sites (tertiary alicyclic amines) is 1. The summed E-state index contributed by atoms with van der Waals surface area (Å²) in [6, 6.07) is 9.65. The molecule has 1 aromatic carbocycles. The fourth-order valence-electron chi connectivity index (χ4n) is 4.34. The van der Waals surface area contributed by atoms with E-state index in [1.54, 1.807) is 24.3 Å². The summed E-state index contributed by atoms with van der Waals surface area (Å²) in [6.45, 7) is 4.37. The van der Waals surface area contributed by atoms with Gasteiger partial charge in [-0.1, -0.05) is 16.8 Å². The number of rotatable bonds is 4. The minimum absolute atomic E-state index is 0.0716. The Hall–Kier alpha value is -2.22. The molecule has 2 aromatic heterocycles. The summed E-state index contributed by atoms with van der Waals surface area (Å²) in [7, 11) is 0. The van der Waals surface area contributed by atoms with Crippen molar-refractivity contribution in [2.45, 2.75) is 38.4 Å². The van der Waals surface area contributed by atoms with Gasteiger partial charge in [-0.15, -0.1) is 16.4 Å². The maximum atomic E-state index is 12.7. The Kier molecular flexibility index (Phi) is 5.58. The van der Waals surface area contributed by atoms with Gasteiger partial charge in [0.2, 0.25) is 0 Å². The first-order chi connectivity index (χ1) is 14.7. The Bertz CT molecular complexity index is 1020. The van der Waals surface area contributed by atoms with Gasteiger partial charge in [-0.25, -0.2) is 4.68 Å². The van der Waals surface area contributed by atoms with Crippen LogP contribution in [-0.4, -0.2) is 50.3 Å². The number of benzene rings is 1. The fraction of sp³-hybridized carbons (Fsp3) is 0.409. The van der Waals surface area contributed by atoms with Crippen molar-refractivity contribution in [1.82, 2.24) is 24.8 Å². The van der Waals surface area contributed by atoms with E-state index in [2.05, 4.69) is 32.9 Å². The lowest BCUT2D eigenvalue weighted by Gasteiger charge is -2.32. The molecule has 1 fully saturated rings. The third kappa shape index (κ3) is 4.15. The summed E-state index contributed by atoms with van der Waals surface area (Å²) in [6.07, 6.45) is 5.00. The topological polar surface area (TPSA) is 54.3 Å². The minimum Gasteiger partial charge on any atom is -0.338 e. The lowest BCUT2D eigenvalue weighted by Crippen LogP contribution is -2.39. The molecule has 8 heteroatoms. The Labute approximate surface area is 185 Å². The van der Waals surface area contributed by atoms with E-state index in [9.17, 15) is 4.79 Å². The van der Waals surface area contributed by atoms with Crippen LogP contribution >= 0.6 is 22.9 Å². The first-order valence-corrected chi connectivity index (χ1v) is 11.6. The Morgan fingerprint density at radius 1 is 1.13 bits per heavy atom. The van der Waals surface area contributed by atoms with E-state index in [0.717, 1.165) is 57.7 Å². The van der Waals surface area contributed by atoms with E-state index >= 15 is 0 Å². The number of halogens is 1. The third-order valence-corrected chi connectivity index (χ3v) is 7.32. The second-order valence-electron chi connectivity index (χ2n) is 8.05. The molecule has 30 heavy (non-hydrogen) atoms. The van der Waals surface area contributed by atoms with Gasteiger partial charge in [0.1, 0.15) is 0 Å². The molecule has 0 atom stereocenters. The molecule has 0 radical (unpaired) electrons. The lowest BCUT2D eigenvalue weighted by molar-refractivity contribution is 0.0689. The maximum absolute atomic E-state index is 12.7. The predicted octanol–water partition coefficient (Wildman–Crippen LogP) is 4.03. The molecule has 1 saturated heterocycles. The zero-order valence-corrected chi connectivity index (χ0v) is 18.3. The molecule has 0 spiro atoms. The van der Waals surface area contributed by atoms with E-state index in [-0.39, 0.29) is 5.91 Å². The zero-order chi connectivity index (χ0) is 20.5. The van der Waals surface area contributed by atoms with Gasteiger partial charge in [-0.05, 0) is 60.5 Å². The smallest absolute Gasteiger partial charge is 0.253 e. The van der Waals surface area contributed by atoms with E-state index in [1.807, 2.05) is 20.9 Å². The van der Waals surface area contributed by atoms with Crippen LogP contribution in [0.4, 0.5) is 0 Å². The molecular formula is C22H24ClN5OS. The first-order valence-electron chi connectivity index (χ1n) is 10.4. The number of nitrogens with zero attached hydrogens (tertiary/aromatic N) is 5. The SMILES string of the molecule is O=C(c1ccc(Cl)cc1)N1CCC(n2cc(CN3CCc4sccc4C3)nn2)CC1. The highest BCUT2D eigenvalue weighted by Crippen LogP contribution is 2.26. The third-order valence-electron chi connectivity index (χ3n) is 6.05. The molecule has 2 aliphatic heterocycles. The second-order valence-corrected chi connectivity index (χ2v) is 9.49. The molecule has 0 bridgehead atoms. The number of carbonyl (C=O) groups excluding carboxylic acids is 1. The van der Waals surface area contributed by atoms with Gasteiger partial charge in [0.15, 0.2) is 0 Å². The van der Waals surface area contributed by atoms with E-state index in [0.29, 0.717) is 16.6 Å². The number of thiophene rings is 1. The number of fused-ring (bicyclic) bond motifs is 1. The molecule has 0 N–H and O–H groups in total. The van der Waals surface area contributed by atoms with Gasteiger partial charge in [0, 0.05) is 48.2 Å². The Balaban J connectivity index is 1.16. The van der Waals surface area contributed by atoms with Crippen LogP contribution in [0.2, 0.25) is 5.02 Å². The highest BCUT2D eigenvalue weighted by atomic mass is 35.5. The molecular weight excluding hydrogens is 418 g/mol. The van der Waals surface area contributed by atoms with Gasteiger partial charge in [0.05, 0.1) is 17.9 Å². The maximum Gasteiger partial charge on any atom is 0.253 e. The van der Waals surface area contributed by atoms with Crippen LogP contribution in [-0.2, 0) is 19.5 Å². The van der Waals surface area contributed by atoms with Crippen LogP contribution in [0, 0.1) is 0 Å². The number of piperidine rings is 1. The summed E-state index contributed by atoms with van der Waals surface area (Å²) in [5.41, 5.74) is 3.17. The minimum atomic E-state index is 0.0716. The monoisotopic (exact) mass is 441 g/mol. The fourth-order valence-corrected chi connectivity index (χ4v) is 5.36. The summed E-state index contributed by atoms with van der Waals surface area (Å²) in [4.78, 5) is 18.6. The molecule has 0 aliphatic carbocycles. The number of aromatic nitrogens is 3. The molecule has 156 valence electrons. The highest BCUT2D eigenvalue weighted by molar-refractivity contribution is 7.10. The van der Waals surface area contributed by atoms with Crippen LogP contribution in [0.3, 0.4) is 0 Å². The summed E-state index contributed by atoms with van der Waals surface area (Å²) in [5, 5.41) is 11.7. The number of amides is 1. The number of hydrogen-bond acceptors (Lipinski definition) is 5. The normalized spacial score (nSPS) is 17.8. The standard InChI is InChI=1S/C22H24ClN5OS/c23-18-3-1-16(2-4-18)22(29)27-10-5-20(6-11-27)28-15-19(24-25-28)14-26-9-7-21-17(13-26)8-12-30-21/h1-4,8,12,15,20H,5-7,9-11,13-14H2. The quantitative estimate of drug-likeness (QED) is 0.613. The van der Waals surface area contributed by atoms with Crippen LogP contribution in [0.25, 0.3) is 0 Å². The van der Waals surface area contributed by atoms with Gasteiger partial charge >= 0.3 is 0 Å². The van der Waals surface area contributed by atoms with Crippen molar-refractivity contribution in [2.75, 3.05) is 19.6 Å². The predicted molar refractivity (Wildman–Crippen MR) is 118 cm³/mol. The lowest BCUT2D eigenvalue weighted by atomic mass is 10.0. The van der Waals surface area contributed by atoms with Crippen molar-refractivity contribution in [2.24, 2.45) is 0 Å². The molecule has 2 aliphatic rings. The second kappa shape index (κ2) is 8.49. The molecule has 4 heterocycles. The molecule has 6 nitrogen and oxygen atoms in total. The van der Waals surface area contributed by atoms with Crippen molar-refractivity contribution in [3.05, 3.63) is 68.6 Å². The zero-order valence-electron chi connectivity index (χ0n) is 16.7. The van der Waals surface area contributed by atoms with Crippen molar-refractivity contribution >= 4 is 28.8 Å². The molecule has 3 aromatic rings. The average Bonchev–Trinajstić information content (AvgIpc) is 3.43. The number of hydrogen-bond donors (Lipinski definition) is 0. The molecule has 0 unspecified atom stereocenters. The molecule has 0 saturated carbocycles. The van der Waals surface area contributed by atoms with Gasteiger partial charge < -0.3 is 4.90 Å². The van der Waals surface area contributed by atoms with E-state index < -0.39 is 0 Å². The summed E-state index contributed by atoms with van der Waals surface area (Å²) < 4.78 is 2.00. The van der Waals surface area contributed by atoms with Crippen molar-refractivity contribution in [3.8, 4) is 0 Å².